The van der Waals surface area contributed by atoms with Gasteiger partial charge in [-0.15, -0.1) is 0 Å². The number of carbonyl (C=O) groups excluding carboxylic acids is 1. The van der Waals surface area contributed by atoms with Crippen molar-refractivity contribution in [2.45, 2.75) is 25.5 Å². The molecular weight excluding hydrogens is 242 g/mol. The molecule has 92 valence electrons. The summed E-state index contributed by atoms with van der Waals surface area (Å²) in [4.78, 5) is 11.2. The van der Waals surface area contributed by atoms with Gasteiger partial charge >= 0.3 is 0 Å². The smallest absolute Gasteiger partial charge is 0.252 e. The molecule has 1 aromatic heterocycles. The fourth-order valence-electron chi connectivity index (χ4n) is 1.95. The number of hydrogen-bond acceptors (Lipinski definition) is 3. The van der Waals surface area contributed by atoms with Crippen molar-refractivity contribution in [1.82, 2.24) is 4.57 Å². The maximum Gasteiger partial charge on any atom is 0.252 e. The summed E-state index contributed by atoms with van der Waals surface area (Å²) in [6.07, 6.45) is 3.70. The van der Waals surface area contributed by atoms with Gasteiger partial charge in [-0.2, -0.15) is 0 Å². The molecule has 1 unspecified atom stereocenters. The zero-order chi connectivity index (χ0) is 12.4. The van der Waals surface area contributed by atoms with E-state index in [1.165, 1.54) is 6.07 Å². The summed E-state index contributed by atoms with van der Waals surface area (Å²) in [5.74, 6) is -0.640. The number of ether oxygens (including phenoxy) is 1. The molecule has 2 rings (SSSR count). The lowest BCUT2D eigenvalue weighted by molar-refractivity contribution is 0.0945. The van der Waals surface area contributed by atoms with Crippen molar-refractivity contribution in [3.8, 4) is 0 Å². The summed E-state index contributed by atoms with van der Waals surface area (Å²) in [7, 11) is 0. The van der Waals surface area contributed by atoms with Crippen molar-refractivity contribution in [2.75, 3.05) is 6.61 Å². The van der Waals surface area contributed by atoms with Crippen LogP contribution in [0.2, 0.25) is 5.02 Å². The highest BCUT2D eigenvalue weighted by Crippen LogP contribution is 2.14. The van der Waals surface area contributed by atoms with Gasteiger partial charge in [0.1, 0.15) is 5.49 Å². The van der Waals surface area contributed by atoms with Gasteiger partial charge in [-0.3, -0.25) is 10.2 Å². The van der Waals surface area contributed by atoms with E-state index in [-0.39, 0.29) is 17.2 Å². The molecule has 1 aliphatic heterocycles. The number of amides is 1. The molecule has 17 heavy (non-hydrogen) atoms. The van der Waals surface area contributed by atoms with Crippen LogP contribution in [0.15, 0.2) is 12.3 Å². The Hall–Kier alpha value is -1.33. The first-order chi connectivity index (χ1) is 8.08. The van der Waals surface area contributed by atoms with E-state index in [1.807, 2.05) is 0 Å². The Morgan fingerprint density at radius 2 is 2.47 bits per heavy atom. The molecule has 3 N–H and O–H groups in total. The summed E-state index contributed by atoms with van der Waals surface area (Å²) in [5, 5.41) is 8.28. The van der Waals surface area contributed by atoms with Crippen LogP contribution in [0.25, 0.3) is 0 Å². The third-order valence-electron chi connectivity index (χ3n) is 2.79. The maximum absolute atomic E-state index is 11.2. The van der Waals surface area contributed by atoms with Crippen LogP contribution in [0, 0.1) is 5.41 Å². The number of nitrogens with one attached hydrogen (secondary N) is 1. The molecule has 0 saturated carbocycles. The molecule has 0 spiro atoms. The van der Waals surface area contributed by atoms with Crippen LogP contribution in [0.3, 0.4) is 0 Å². The summed E-state index contributed by atoms with van der Waals surface area (Å²) in [6.45, 7) is 1.28. The van der Waals surface area contributed by atoms with E-state index in [9.17, 15) is 4.79 Å². The van der Waals surface area contributed by atoms with E-state index >= 15 is 0 Å². The van der Waals surface area contributed by atoms with E-state index in [1.54, 1.807) is 10.8 Å². The Kier molecular flexibility index (Phi) is 3.49. The highest BCUT2D eigenvalue weighted by molar-refractivity contribution is 6.30. The first kappa shape index (κ1) is 12.1. The lowest BCUT2D eigenvalue weighted by Crippen LogP contribution is -2.32. The number of aromatic nitrogens is 1. The van der Waals surface area contributed by atoms with Crippen LogP contribution in [0.5, 0.6) is 0 Å². The zero-order valence-corrected chi connectivity index (χ0v) is 10.0. The number of pyridine rings is 1. The molecule has 1 saturated heterocycles. The molecule has 5 nitrogen and oxygen atoms in total. The van der Waals surface area contributed by atoms with Gasteiger partial charge in [0.2, 0.25) is 0 Å². The molecule has 2 heterocycles. The van der Waals surface area contributed by atoms with E-state index in [0.29, 0.717) is 11.6 Å². The molecule has 0 aliphatic carbocycles. The van der Waals surface area contributed by atoms with Crippen LogP contribution in [0.1, 0.15) is 23.2 Å². The Morgan fingerprint density at radius 1 is 1.71 bits per heavy atom. The number of carbonyl (C=O) groups is 1. The molecular formula is C11H14ClN3O2. The highest BCUT2D eigenvalue weighted by atomic mass is 35.5. The Bertz CT molecular complexity index is 492. The van der Waals surface area contributed by atoms with Crippen molar-refractivity contribution in [1.29, 1.82) is 5.41 Å². The first-order valence-corrected chi connectivity index (χ1v) is 5.81. The Morgan fingerprint density at radius 3 is 3.06 bits per heavy atom. The lowest BCUT2D eigenvalue weighted by Gasteiger charge is -2.14. The highest BCUT2D eigenvalue weighted by Gasteiger charge is 2.17. The largest absolute Gasteiger partial charge is 0.376 e. The van der Waals surface area contributed by atoms with Gasteiger partial charge in [0.15, 0.2) is 0 Å². The maximum atomic E-state index is 11.2. The van der Waals surface area contributed by atoms with Crippen molar-refractivity contribution in [3.05, 3.63) is 28.3 Å². The van der Waals surface area contributed by atoms with Gasteiger partial charge in [0.05, 0.1) is 23.2 Å². The third-order valence-corrected chi connectivity index (χ3v) is 3.00. The average molecular weight is 256 g/mol. The fraction of sp³-hybridized carbons (Fsp3) is 0.455. The standard InChI is InChI=1S/C11H14ClN3O2/c12-7-4-9(11(14)16)10(13)15(5-7)6-8-2-1-3-17-8/h4-5,8,13H,1-3,6H2,(H2,14,16). The van der Waals surface area contributed by atoms with Gasteiger partial charge in [-0.25, -0.2) is 0 Å². The predicted molar refractivity (Wildman–Crippen MR) is 62.8 cm³/mol. The molecule has 1 atom stereocenters. The predicted octanol–water partition coefficient (Wildman–Crippen LogP) is 0.899. The quantitative estimate of drug-likeness (QED) is 0.841. The molecule has 0 bridgehead atoms. The molecule has 0 aromatic carbocycles. The SMILES string of the molecule is N=c1c(C(N)=O)cc(Cl)cn1CC1CCCO1. The van der Waals surface area contributed by atoms with Crippen LogP contribution in [0.4, 0.5) is 0 Å². The number of halogens is 1. The third kappa shape index (κ3) is 2.68. The monoisotopic (exact) mass is 255 g/mol. The van der Waals surface area contributed by atoms with Gasteiger partial charge in [0, 0.05) is 12.8 Å². The van der Waals surface area contributed by atoms with Crippen molar-refractivity contribution in [3.63, 3.8) is 0 Å². The van der Waals surface area contributed by atoms with Crippen molar-refractivity contribution in [2.24, 2.45) is 5.73 Å². The lowest BCUT2D eigenvalue weighted by atomic mass is 10.2. The summed E-state index contributed by atoms with van der Waals surface area (Å²) >= 11 is 5.90. The minimum atomic E-state index is -0.640. The second-order valence-corrected chi connectivity index (χ2v) is 4.51. The number of primary amides is 1. The topological polar surface area (TPSA) is 81.1 Å². The van der Waals surface area contributed by atoms with Crippen LogP contribution in [-0.4, -0.2) is 23.2 Å². The second kappa shape index (κ2) is 4.89. The van der Waals surface area contributed by atoms with Crippen molar-refractivity contribution >= 4 is 17.5 Å². The number of nitrogens with zero attached hydrogens (tertiary/aromatic N) is 1. The molecule has 1 aromatic rings. The molecule has 1 fully saturated rings. The average Bonchev–Trinajstić information content (AvgIpc) is 2.75. The first-order valence-electron chi connectivity index (χ1n) is 5.44. The summed E-state index contributed by atoms with van der Waals surface area (Å²) in [5.41, 5.74) is 5.41. The Labute approximate surface area is 104 Å². The number of hydrogen-bond donors (Lipinski definition) is 2. The number of rotatable bonds is 3. The van der Waals surface area contributed by atoms with E-state index in [0.717, 1.165) is 19.4 Å². The summed E-state index contributed by atoms with van der Waals surface area (Å²) < 4.78 is 7.10. The second-order valence-electron chi connectivity index (χ2n) is 4.07. The fourth-order valence-corrected chi connectivity index (χ4v) is 2.18. The normalized spacial score (nSPS) is 19.5. The van der Waals surface area contributed by atoms with Gasteiger partial charge in [-0.1, -0.05) is 11.6 Å². The van der Waals surface area contributed by atoms with E-state index < -0.39 is 5.91 Å². The van der Waals surface area contributed by atoms with Crippen molar-refractivity contribution < 1.29 is 9.53 Å². The van der Waals surface area contributed by atoms with Gasteiger partial charge in [-0.05, 0) is 18.9 Å². The number of nitrogens with two attached hydrogens (primary N) is 1. The minimum Gasteiger partial charge on any atom is -0.376 e. The minimum absolute atomic E-state index is 0.0809. The van der Waals surface area contributed by atoms with E-state index in [4.69, 9.17) is 27.5 Å². The molecule has 0 radical (unpaired) electrons. The van der Waals surface area contributed by atoms with E-state index in [2.05, 4.69) is 0 Å². The zero-order valence-electron chi connectivity index (χ0n) is 9.28. The van der Waals surface area contributed by atoms with Gasteiger partial charge < -0.3 is 15.0 Å². The molecule has 6 heteroatoms. The van der Waals surface area contributed by atoms with Crippen LogP contribution >= 0.6 is 11.6 Å². The van der Waals surface area contributed by atoms with Crippen LogP contribution < -0.4 is 11.2 Å². The van der Waals surface area contributed by atoms with Crippen LogP contribution in [-0.2, 0) is 11.3 Å². The molecule has 1 aliphatic rings. The molecule has 1 amide bonds. The summed E-state index contributed by atoms with van der Waals surface area (Å²) in [6, 6.07) is 1.41. The van der Waals surface area contributed by atoms with Gasteiger partial charge in [0.25, 0.3) is 5.91 Å². The Balaban J connectivity index is 2.32.